The third kappa shape index (κ3) is 7.26. The molecule has 0 radical (unpaired) electrons. The van der Waals surface area contributed by atoms with E-state index in [2.05, 4.69) is 6.92 Å². The number of carbonyl (C=O) groups is 4. The number of rotatable bonds is 13. The molecule has 170 valence electrons. The van der Waals surface area contributed by atoms with Crippen molar-refractivity contribution in [1.29, 1.82) is 0 Å². The Bertz CT molecular complexity index is 958. The molecule has 0 aliphatic rings. The lowest BCUT2D eigenvalue weighted by Crippen LogP contribution is -2.15. The predicted octanol–water partition coefficient (Wildman–Crippen LogP) is 6.22. The average Bonchev–Trinajstić information content (AvgIpc) is 2.78. The summed E-state index contributed by atoms with van der Waals surface area (Å²) in [6, 6.07) is 11.0. The van der Waals surface area contributed by atoms with Crippen LogP contribution in [0, 0.1) is 5.92 Å². The number of benzene rings is 2. The zero-order chi connectivity index (χ0) is 23.5. The Kier molecular flexibility index (Phi) is 9.99. The molecule has 5 nitrogen and oxygen atoms in total. The summed E-state index contributed by atoms with van der Waals surface area (Å²) in [5, 5.41) is 0. The molecule has 0 fully saturated rings. The van der Waals surface area contributed by atoms with Crippen LogP contribution in [-0.2, 0) is 4.79 Å². The lowest BCUT2D eigenvalue weighted by molar-refractivity contribution is -0.135. The van der Waals surface area contributed by atoms with Crippen molar-refractivity contribution in [3.8, 4) is 5.75 Å². The van der Waals surface area contributed by atoms with Crippen molar-refractivity contribution in [2.75, 3.05) is 0 Å². The summed E-state index contributed by atoms with van der Waals surface area (Å²) in [5.41, 5.74) is 0.946. The maximum atomic E-state index is 13.3. The summed E-state index contributed by atoms with van der Waals surface area (Å²) in [6.45, 7) is 5.94. The van der Waals surface area contributed by atoms with Crippen LogP contribution < -0.4 is 4.74 Å². The van der Waals surface area contributed by atoms with Gasteiger partial charge in [-0.1, -0.05) is 70.7 Å². The van der Waals surface area contributed by atoms with E-state index in [9.17, 15) is 19.2 Å². The summed E-state index contributed by atoms with van der Waals surface area (Å²) in [6.07, 6.45) is 6.39. The van der Waals surface area contributed by atoms with Gasteiger partial charge in [0.2, 0.25) is 0 Å². The predicted molar refractivity (Wildman–Crippen MR) is 125 cm³/mol. The number of Topliss-reactive ketones (excluding diaryl/α,β-unsaturated/α-hetero) is 1. The molecular weight excluding hydrogens is 404 g/mol. The second-order valence-corrected chi connectivity index (χ2v) is 8.40. The molecular formula is C27H32O5. The fourth-order valence-electron chi connectivity index (χ4n) is 3.45. The normalized spacial score (nSPS) is 10.8. The number of hydrogen-bond acceptors (Lipinski definition) is 5. The van der Waals surface area contributed by atoms with Gasteiger partial charge < -0.3 is 4.74 Å². The number of ketones is 2. The molecule has 0 atom stereocenters. The standard InChI is InChI=1S/C27H32O5/c1-4-5-6-7-8-13-24(29)20-14-15-25(32-26(30)16-19(2)3)23(17-20)27(31)22-12-10-9-11-21(22)18-28/h9-12,14-15,17-19H,4-8,13,16H2,1-3H3. The van der Waals surface area contributed by atoms with Crippen LogP contribution in [0.5, 0.6) is 5.75 Å². The Morgan fingerprint density at radius 3 is 2.34 bits per heavy atom. The van der Waals surface area contributed by atoms with Crippen molar-refractivity contribution >= 4 is 23.8 Å². The highest BCUT2D eigenvalue weighted by atomic mass is 16.5. The van der Waals surface area contributed by atoms with E-state index >= 15 is 0 Å². The third-order valence-electron chi connectivity index (χ3n) is 5.18. The van der Waals surface area contributed by atoms with E-state index in [1.807, 2.05) is 13.8 Å². The van der Waals surface area contributed by atoms with Crippen LogP contribution >= 0.6 is 0 Å². The van der Waals surface area contributed by atoms with Gasteiger partial charge in [-0.25, -0.2) is 0 Å². The van der Waals surface area contributed by atoms with Crippen LogP contribution in [0.15, 0.2) is 42.5 Å². The molecule has 0 saturated heterocycles. The van der Waals surface area contributed by atoms with Crippen molar-refractivity contribution in [2.45, 2.75) is 65.7 Å². The lowest BCUT2D eigenvalue weighted by atomic mass is 9.95. The molecule has 2 aromatic rings. The third-order valence-corrected chi connectivity index (χ3v) is 5.18. The summed E-state index contributed by atoms with van der Waals surface area (Å²) in [4.78, 5) is 49.7. The summed E-state index contributed by atoms with van der Waals surface area (Å²) in [5.74, 6) is -0.767. The Labute approximate surface area is 190 Å². The van der Waals surface area contributed by atoms with Gasteiger partial charge in [-0.3, -0.25) is 19.2 Å². The van der Waals surface area contributed by atoms with Crippen LogP contribution in [0.2, 0.25) is 0 Å². The molecule has 0 aliphatic carbocycles. The minimum Gasteiger partial charge on any atom is -0.426 e. The van der Waals surface area contributed by atoms with Crippen molar-refractivity contribution in [1.82, 2.24) is 0 Å². The van der Waals surface area contributed by atoms with Gasteiger partial charge in [-0.05, 0) is 30.5 Å². The van der Waals surface area contributed by atoms with Gasteiger partial charge in [-0.2, -0.15) is 0 Å². The Morgan fingerprint density at radius 1 is 0.938 bits per heavy atom. The van der Waals surface area contributed by atoms with Gasteiger partial charge in [0, 0.05) is 29.5 Å². The number of ether oxygens (including phenoxy) is 1. The van der Waals surface area contributed by atoms with Crippen LogP contribution in [0.3, 0.4) is 0 Å². The second-order valence-electron chi connectivity index (χ2n) is 8.40. The number of aldehydes is 1. The van der Waals surface area contributed by atoms with E-state index in [-0.39, 0.29) is 40.6 Å². The molecule has 0 unspecified atom stereocenters. The maximum Gasteiger partial charge on any atom is 0.311 e. The van der Waals surface area contributed by atoms with Crippen LogP contribution in [0.1, 0.15) is 102 Å². The van der Waals surface area contributed by atoms with E-state index in [1.165, 1.54) is 12.1 Å². The summed E-state index contributed by atoms with van der Waals surface area (Å²) < 4.78 is 5.47. The Balaban J connectivity index is 2.34. The van der Waals surface area contributed by atoms with E-state index in [1.54, 1.807) is 30.3 Å². The highest BCUT2D eigenvalue weighted by molar-refractivity contribution is 6.15. The van der Waals surface area contributed by atoms with Crippen LogP contribution in [0.25, 0.3) is 0 Å². The highest BCUT2D eigenvalue weighted by Gasteiger charge is 2.21. The van der Waals surface area contributed by atoms with E-state index in [0.717, 1.165) is 32.1 Å². The van der Waals surface area contributed by atoms with Crippen LogP contribution in [-0.4, -0.2) is 23.8 Å². The molecule has 0 amide bonds. The van der Waals surface area contributed by atoms with Gasteiger partial charge in [0.05, 0.1) is 5.56 Å². The summed E-state index contributed by atoms with van der Waals surface area (Å²) in [7, 11) is 0. The molecule has 0 aliphatic heterocycles. The first-order valence-electron chi connectivity index (χ1n) is 11.3. The van der Waals surface area contributed by atoms with E-state index < -0.39 is 11.8 Å². The van der Waals surface area contributed by atoms with Gasteiger partial charge in [0.25, 0.3) is 0 Å². The van der Waals surface area contributed by atoms with Crippen molar-refractivity contribution in [3.63, 3.8) is 0 Å². The minimum absolute atomic E-state index is 0.0562. The van der Waals surface area contributed by atoms with E-state index in [4.69, 9.17) is 4.74 Å². The van der Waals surface area contributed by atoms with Gasteiger partial charge >= 0.3 is 5.97 Å². The molecule has 0 N–H and O–H groups in total. The Morgan fingerprint density at radius 2 is 1.66 bits per heavy atom. The largest absolute Gasteiger partial charge is 0.426 e. The first-order valence-corrected chi connectivity index (χ1v) is 11.3. The zero-order valence-corrected chi connectivity index (χ0v) is 19.2. The van der Waals surface area contributed by atoms with Crippen molar-refractivity contribution in [2.24, 2.45) is 5.92 Å². The van der Waals surface area contributed by atoms with Crippen molar-refractivity contribution < 1.29 is 23.9 Å². The number of unbranched alkanes of at least 4 members (excludes halogenated alkanes) is 4. The Hall–Kier alpha value is -3.08. The van der Waals surface area contributed by atoms with Crippen molar-refractivity contribution in [3.05, 3.63) is 64.7 Å². The minimum atomic E-state index is -0.461. The molecule has 5 heteroatoms. The van der Waals surface area contributed by atoms with Crippen LogP contribution in [0.4, 0.5) is 0 Å². The molecule has 0 spiro atoms. The van der Waals surface area contributed by atoms with Gasteiger partial charge in [-0.15, -0.1) is 0 Å². The average molecular weight is 437 g/mol. The highest BCUT2D eigenvalue weighted by Crippen LogP contribution is 2.26. The smallest absolute Gasteiger partial charge is 0.311 e. The zero-order valence-electron chi connectivity index (χ0n) is 19.2. The number of carbonyl (C=O) groups excluding carboxylic acids is 4. The second kappa shape index (κ2) is 12.7. The van der Waals surface area contributed by atoms with Gasteiger partial charge in [0.1, 0.15) is 5.75 Å². The van der Waals surface area contributed by atoms with Gasteiger partial charge in [0.15, 0.2) is 17.9 Å². The number of esters is 1. The SMILES string of the molecule is CCCCCCCC(=O)c1ccc(OC(=O)CC(C)C)c(C(=O)c2ccccc2C=O)c1. The first kappa shape index (κ1) is 25.2. The molecule has 0 aromatic heterocycles. The fourth-order valence-corrected chi connectivity index (χ4v) is 3.45. The lowest BCUT2D eigenvalue weighted by Gasteiger charge is -2.13. The monoisotopic (exact) mass is 436 g/mol. The fraction of sp³-hybridized carbons (Fsp3) is 0.407. The molecule has 0 saturated carbocycles. The number of hydrogen-bond donors (Lipinski definition) is 0. The quantitative estimate of drug-likeness (QED) is 0.122. The molecule has 2 aromatic carbocycles. The molecule has 2 rings (SSSR count). The molecule has 32 heavy (non-hydrogen) atoms. The van der Waals surface area contributed by atoms with E-state index in [0.29, 0.717) is 18.3 Å². The first-order chi connectivity index (χ1) is 15.4. The topological polar surface area (TPSA) is 77.5 Å². The summed E-state index contributed by atoms with van der Waals surface area (Å²) >= 11 is 0. The molecule has 0 heterocycles. The maximum absolute atomic E-state index is 13.3. The molecule has 0 bridgehead atoms.